The van der Waals surface area contributed by atoms with Crippen LogP contribution >= 0.6 is 27.3 Å². The van der Waals surface area contributed by atoms with Gasteiger partial charge in [-0.1, -0.05) is 47.0 Å². The predicted molar refractivity (Wildman–Crippen MR) is 98.8 cm³/mol. The average Bonchev–Trinajstić information content (AvgIpc) is 2.87. The molecule has 0 atom stereocenters. The van der Waals surface area contributed by atoms with E-state index in [1.807, 2.05) is 12.1 Å². The lowest BCUT2D eigenvalue weighted by molar-refractivity contribution is -0.133. The van der Waals surface area contributed by atoms with E-state index in [4.69, 9.17) is 0 Å². The highest BCUT2D eigenvalue weighted by Crippen LogP contribution is 2.55. The van der Waals surface area contributed by atoms with Crippen LogP contribution < -0.4 is 5.32 Å². The van der Waals surface area contributed by atoms with E-state index in [9.17, 15) is 4.79 Å². The fourth-order valence-electron chi connectivity index (χ4n) is 4.62. The molecule has 2 saturated carbocycles. The van der Waals surface area contributed by atoms with Gasteiger partial charge in [0, 0.05) is 4.47 Å². The maximum Gasteiger partial charge on any atom is 0.232 e. The number of benzene rings is 1. The summed E-state index contributed by atoms with van der Waals surface area (Å²) in [7, 11) is 0. The summed E-state index contributed by atoms with van der Waals surface area (Å²) in [6, 6.07) is 6.03. The van der Waals surface area contributed by atoms with Gasteiger partial charge in [-0.25, -0.2) is 4.98 Å². The molecule has 2 aromatic rings. The molecule has 1 aromatic carbocycles. The first-order valence-corrected chi connectivity index (χ1v) is 9.97. The molecular formula is C18H21BrN2OS. The summed E-state index contributed by atoms with van der Waals surface area (Å²) < 4.78 is 2.14. The third-order valence-corrected chi connectivity index (χ3v) is 7.12. The highest BCUT2D eigenvalue weighted by atomic mass is 79.9. The Morgan fingerprint density at radius 2 is 2.00 bits per heavy atom. The number of halogens is 1. The van der Waals surface area contributed by atoms with Crippen molar-refractivity contribution in [3.8, 4) is 0 Å². The standard InChI is InChI=1S/C18H21BrN2OS/c1-17-6-2-8-18(11-17,9-3-7-17)15(22)21-16-20-13-5-4-12(19)10-14(13)23-16/h4-5,10H,2-3,6-9,11H2,1H3,(H,20,21,22). The van der Waals surface area contributed by atoms with E-state index in [0.29, 0.717) is 5.41 Å². The van der Waals surface area contributed by atoms with Crippen molar-refractivity contribution in [2.24, 2.45) is 10.8 Å². The molecule has 0 aliphatic heterocycles. The van der Waals surface area contributed by atoms with Crippen molar-refractivity contribution in [2.45, 2.75) is 51.9 Å². The zero-order chi connectivity index (χ0) is 16.1. The van der Waals surface area contributed by atoms with Crippen LogP contribution in [0.3, 0.4) is 0 Å². The summed E-state index contributed by atoms with van der Waals surface area (Å²) >= 11 is 5.04. The zero-order valence-electron chi connectivity index (χ0n) is 13.3. The summed E-state index contributed by atoms with van der Waals surface area (Å²) in [5.74, 6) is 0.196. The Morgan fingerprint density at radius 3 is 2.74 bits per heavy atom. The summed E-state index contributed by atoms with van der Waals surface area (Å²) in [5, 5.41) is 3.87. The molecule has 4 rings (SSSR count). The quantitative estimate of drug-likeness (QED) is 0.706. The molecule has 2 bridgehead atoms. The highest BCUT2D eigenvalue weighted by molar-refractivity contribution is 9.10. The lowest BCUT2D eigenvalue weighted by Crippen LogP contribution is -2.46. The molecular weight excluding hydrogens is 372 g/mol. The molecule has 2 aliphatic rings. The lowest BCUT2D eigenvalue weighted by atomic mass is 9.55. The van der Waals surface area contributed by atoms with Crippen molar-refractivity contribution in [1.29, 1.82) is 0 Å². The minimum atomic E-state index is -0.163. The number of thiazole rings is 1. The highest BCUT2D eigenvalue weighted by Gasteiger charge is 2.49. The predicted octanol–water partition coefficient (Wildman–Crippen LogP) is 5.75. The molecule has 0 saturated heterocycles. The molecule has 1 amide bonds. The van der Waals surface area contributed by atoms with E-state index >= 15 is 0 Å². The van der Waals surface area contributed by atoms with Gasteiger partial charge in [-0.2, -0.15) is 0 Å². The number of carbonyl (C=O) groups excluding carboxylic acids is 1. The number of rotatable bonds is 2. The van der Waals surface area contributed by atoms with Gasteiger partial charge < -0.3 is 5.32 Å². The second-order valence-electron chi connectivity index (χ2n) is 7.56. The molecule has 1 aromatic heterocycles. The SMILES string of the molecule is CC12CCCC(C(=O)Nc3nc4ccc(Br)cc4s3)(CCC1)C2. The second-order valence-corrected chi connectivity index (χ2v) is 9.51. The molecule has 2 aliphatic carbocycles. The summed E-state index contributed by atoms with van der Waals surface area (Å²) in [6.07, 6.45) is 8.01. The van der Waals surface area contributed by atoms with Gasteiger partial charge in [0.25, 0.3) is 0 Å². The van der Waals surface area contributed by atoms with Crippen molar-refractivity contribution in [1.82, 2.24) is 4.98 Å². The number of carbonyl (C=O) groups is 1. The van der Waals surface area contributed by atoms with E-state index in [1.165, 1.54) is 25.7 Å². The van der Waals surface area contributed by atoms with Gasteiger partial charge in [-0.15, -0.1) is 0 Å². The third kappa shape index (κ3) is 2.82. The van der Waals surface area contributed by atoms with Crippen LogP contribution in [0, 0.1) is 10.8 Å². The van der Waals surface area contributed by atoms with Crippen LogP contribution in [-0.4, -0.2) is 10.9 Å². The first-order valence-electron chi connectivity index (χ1n) is 8.36. The van der Waals surface area contributed by atoms with E-state index in [-0.39, 0.29) is 11.3 Å². The first-order chi connectivity index (χ1) is 11.0. The van der Waals surface area contributed by atoms with Crippen LogP contribution in [-0.2, 0) is 4.79 Å². The molecule has 3 nitrogen and oxygen atoms in total. The van der Waals surface area contributed by atoms with Crippen molar-refractivity contribution >= 4 is 48.5 Å². The lowest BCUT2D eigenvalue weighted by Gasteiger charge is -2.49. The van der Waals surface area contributed by atoms with Gasteiger partial charge in [0.1, 0.15) is 0 Å². The van der Waals surface area contributed by atoms with E-state index < -0.39 is 0 Å². The Bertz CT molecular complexity index is 759. The normalized spacial score (nSPS) is 30.3. The Labute approximate surface area is 149 Å². The minimum Gasteiger partial charge on any atom is -0.301 e. The summed E-state index contributed by atoms with van der Waals surface area (Å²) in [4.78, 5) is 17.6. The molecule has 5 heteroatoms. The number of hydrogen-bond acceptors (Lipinski definition) is 3. The van der Waals surface area contributed by atoms with Gasteiger partial charge in [-0.3, -0.25) is 4.79 Å². The van der Waals surface area contributed by atoms with Crippen LogP contribution in [0.15, 0.2) is 22.7 Å². The smallest absolute Gasteiger partial charge is 0.232 e. The van der Waals surface area contributed by atoms with Crippen LogP contribution in [0.2, 0.25) is 0 Å². The fraction of sp³-hybridized carbons (Fsp3) is 0.556. The molecule has 1 heterocycles. The molecule has 122 valence electrons. The van der Waals surface area contributed by atoms with Gasteiger partial charge >= 0.3 is 0 Å². The van der Waals surface area contributed by atoms with Crippen molar-refractivity contribution in [2.75, 3.05) is 5.32 Å². The second kappa shape index (κ2) is 5.55. The number of aromatic nitrogens is 1. The summed E-state index contributed by atoms with van der Waals surface area (Å²) in [5.41, 5.74) is 1.15. The van der Waals surface area contributed by atoms with Gasteiger partial charge in [0.15, 0.2) is 5.13 Å². The van der Waals surface area contributed by atoms with Gasteiger partial charge in [0.2, 0.25) is 5.91 Å². The number of nitrogens with zero attached hydrogens (tertiary/aromatic N) is 1. The largest absolute Gasteiger partial charge is 0.301 e. The maximum atomic E-state index is 13.0. The average molecular weight is 393 g/mol. The molecule has 1 N–H and O–H groups in total. The molecule has 0 radical (unpaired) electrons. The first kappa shape index (κ1) is 15.6. The monoisotopic (exact) mass is 392 g/mol. The van der Waals surface area contributed by atoms with Crippen LogP contribution in [0.25, 0.3) is 10.2 Å². The number of fused-ring (bicyclic) bond motifs is 3. The Kier molecular flexibility index (Phi) is 3.76. The van der Waals surface area contributed by atoms with Crippen molar-refractivity contribution in [3.05, 3.63) is 22.7 Å². The summed E-state index contributed by atoms with van der Waals surface area (Å²) in [6.45, 7) is 2.36. The van der Waals surface area contributed by atoms with E-state index in [0.717, 1.165) is 39.1 Å². The number of hydrogen-bond donors (Lipinski definition) is 1. The van der Waals surface area contributed by atoms with Gasteiger partial charge in [-0.05, 0) is 55.7 Å². The Morgan fingerprint density at radius 1 is 1.26 bits per heavy atom. The zero-order valence-corrected chi connectivity index (χ0v) is 15.7. The Hall–Kier alpha value is -0.940. The van der Waals surface area contributed by atoms with Crippen LogP contribution in [0.1, 0.15) is 51.9 Å². The number of anilines is 1. The van der Waals surface area contributed by atoms with E-state index in [2.05, 4.69) is 39.2 Å². The van der Waals surface area contributed by atoms with Crippen molar-refractivity contribution < 1.29 is 4.79 Å². The Balaban J connectivity index is 1.58. The maximum absolute atomic E-state index is 13.0. The van der Waals surface area contributed by atoms with E-state index in [1.54, 1.807) is 11.3 Å². The fourth-order valence-corrected chi connectivity index (χ4v) is 6.03. The molecule has 2 fully saturated rings. The number of amides is 1. The van der Waals surface area contributed by atoms with Crippen LogP contribution in [0.5, 0.6) is 0 Å². The molecule has 0 unspecified atom stereocenters. The number of nitrogens with one attached hydrogen (secondary N) is 1. The molecule has 23 heavy (non-hydrogen) atoms. The molecule has 0 spiro atoms. The van der Waals surface area contributed by atoms with Crippen molar-refractivity contribution in [3.63, 3.8) is 0 Å². The minimum absolute atomic E-state index is 0.163. The topological polar surface area (TPSA) is 42.0 Å². The third-order valence-electron chi connectivity index (χ3n) is 5.69. The van der Waals surface area contributed by atoms with Crippen LogP contribution in [0.4, 0.5) is 5.13 Å². The van der Waals surface area contributed by atoms with Gasteiger partial charge in [0.05, 0.1) is 15.6 Å².